The number of hydrogen-bond acceptors (Lipinski definition) is 3. The van der Waals surface area contributed by atoms with Crippen LogP contribution in [-0.4, -0.2) is 44.2 Å². The zero-order valence-electron chi connectivity index (χ0n) is 10.9. The molecule has 17 heavy (non-hydrogen) atoms. The molecule has 0 aromatic rings. The summed E-state index contributed by atoms with van der Waals surface area (Å²) in [5.74, 6) is 0. The molecule has 3 nitrogen and oxygen atoms in total. The SMILES string of the molecule is CN(CCC1=CC=CCN1)CC1CCCCN1. The molecule has 2 aliphatic heterocycles. The summed E-state index contributed by atoms with van der Waals surface area (Å²) in [5.41, 5.74) is 1.37. The van der Waals surface area contributed by atoms with Gasteiger partial charge in [-0.25, -0.2) is 0 Å². The molecular formula is C14H25N3. The molecule has 1 saturated heterocycles. The van der Waals surface area contributed by atoms with Gasteiger partial charge in [0.1, 0.15) is 0 Å². The topological polar surface area (TPSA) is 27.3 Å². The van der Waals surface area contributed by atoms with Crippen molar-refractivity contribution in [2.45, 2.75) is 31.7 Å². The maximum atomic E-state index is 3.60. The van der Waals surface area contributed by atoms with Crippen LogP contribution in [0, 0.1) is 0 Å². The van der Waals surface area contributed by atoms with Gasteiger partial charge in [0.15, 0.2) is 0 Å². The molecule has 0 bridgehead atoms. The molecule has 2 heterocycles. The average molecular weight is 235 g/mol. The van der Waals surface area contributed by atoms with Gasteiger partial charge < -0.3 is 15.5 Å². The Balaban J connectivity index is 1.64. The largest absolute Gasteiger partial charge is 0.385 e. The second-order valence-electron chi connectivity index (χ2n) is 5.16. The van der Waals surface area contributed by atoms with E-state index in [-0.39, 0.29) is 0 Å². The first-order chi connectivity index (χ1) is 8.34. The highest BCUT2D eigenvalue weighted by atomic mass is 15.1. The fourth-order valence-corrected chi connectivity index (χ4v) is 2.53. The van der Waals surface area contributed by atoms with E-state index in [9.17, 15) is 0 Å². The van der Waals surface area contributed by atoms with E-state index in [4.69, 9.17) is 0 Å². The minimum absolute atomic E-state index is 0.710. The molecule has 2 N–H and O–H groups in total. The number of dihydropyridines is 1. The van der Waals surface area contributed by atoms with Crippen molar-refractivity contribution in [3.63, 3.8) is 0 Å². The van der Waals surface area contributed by atoms with E-state index in [1.807, 2.05) is 0 Å². The standard InChI is InChI=1S/C14H25N3/c1-17(12-14-7-3-5-10-16-14)11-8-13-6-2-4-9-15-13/h2,4,6,14-16H,3,5,7-12H2,1H3. The van der Waals surface area contributed by atoms with Gasteiger partial charge >= 0.3 is 0 Å². The van der Waals surface area contributed by atoms with Crippen LogP contribution < -0.4 is 10.6 Å². The number of piperidine rings is 1. The lowest BCUT2D eigenvalue weighted by atomic mass is 10.0. The first kappa shape index (κ1) is 12.7. The van der Waals surface area contributed by atoms with Crippen molar-refractivity contribution < 1.29 is 0 Å². The zero-order chi connectivity index (χ0) is 11.9. The Morgan fingerprint density at radius 2 is 2.35 bits per heavy atom. The van der Waals surface area contributed by atoms with Crippen molar-refractivity contribution in [1.29, 1.82) is 0 Å². The van der Waals surface area contributed by atoms with Crippen molar-refractivity contribution >= 4 is 0 Å². The van der Waals surface area contributed by atoms with Crippen LogP contribution in [0.2, 0.25) is 0 Å². The summed E-state index contributed by atoms with van der Waals surface area (Å²) in [6.07, 6.45) is 11.7. The Labute approximate surface area is 105 Å². The molecule has 0 saturated carbocycles. The molecule has 1 fully saturated rings. The fraction of sp³-hybridized carbons (Fsp3) is 0.714. The van der Waals surface area contributed by atoms with Gasteiger partial charge in [0.05, 0.1) is 0 Å². The van der Waals surface area contributed by atoms with E-state index in [1.54, 1.807) is 0 Å². The van der Waals surface area contributed by atoms with Crippen molar-refractivity contribution in [2.24, 2.45) is 0 Å². The highest BCUT2D eigenvalue weighted by molar-refractivity contribution is 5.16. The lowest BCUT2D eigenvalue weighted by Gasteiger charge is -2.28. The number of likely N-dealkylation sites (N-methyl/N-ethyl adjacent to an activating group) is 1. The molecule has 2 rings (SSSR count). The van der Waals surface area contributed by atoms with E-state index < -0.39 is 0 Å². The van der Waals surface area contributed by atoms with E-state index in [0.717, 1.165) is 19.5 Å². The van der Waals surface area contributed by atoms with Crippen LogP contribution >= 0.6 is 0 Å². The quantitative estimate of drug-likeness (QED) is 0.756. The van der Waals surface area contributed by atoms with Gasteiger partial charge in [0.25, 0.3) is 0 Å². The molecule has 96 valence electrons. The molecule has 0 aromatic heterocycles. The molecule has 0 aromatic carbocycles. The van der Waals surface area contributed by atoms with E-state index >= 15 is 0 Å². The summed E-state index contributed by atoms with van der Waals surface area (Å²) in [6, 6.07) is 0.710. The predicted molar refractivity (Wildman–Crippen MR) is 73.0 cm³/mol. The minimum atomic E-state index is 0.710. The van der Waals surface area contributed by atoms with E-state index in [2.05, 4.69) is 40.8 Å². The molecule has 0 spiro atoms. The van der Waals surface area contributed by atoms with Gasteiger partial charge in [0.2, 0.25) is 0 Å². The summed E-state index contributed by atoms with van der Waals surface area (Å²) in [5, 5.41) is 7.01. The smallest absolute Gasteiger partial charge is 0.0330 e. The van der Waals surface area contributed by atoms with Crippen LogP contribution in [0.15, 0.2) is 23.9 Å². The van der Waals surface area contributed by atoms with E-state index in [0.29, 0.717) is 6.04 Å². The summed E-state index contributed by atoms with van der Waals surface area (Å²) in [4.78, 5) is 2.45. The van der Waals surface area contributed by atoms with Crippen molar-refractivity contribution in [2.75, 3.05) is 33.2 Å². The summed E-state index contributed by atoms with van der Waals surface area (Å²) in [6.45, 7) is 4.52. The second-order valence-corrected chi connectivity index (χ2v) is 5.16. The highest BCUT2D eigenvalue weighted by Gasteiger charge is 2.14. The molecule has 0 radical (unpaired) electrons. The van der Waals surface area contributed by atoms with Crippen molar-refractivity contribution in [1.82, 2.24) is 15.5 Å². The Morgan fingerprint density at radius 3 is 3.06 bits per heavy atom. The first-order valence-corrected chi connectivity index (χ1v) is 6.86. The van der Waals surface area contributed by atoms with Gasteiger partial charge in [-0.05, 0) is 38.9 Å². The molecule has 1 unspecified atom stereocenters. The Kier molecular flexibility index (Phi) is 5.08. The van der Waals surface area contributed by atoms with Crippen LogP contribution in [0.4, 0.5) is 0 Å². The lowest BCUT2D eigenvalue weighted by molar-refractivity contribution is 0.263. The second kappa shape index (κ2) is 6.82. The zero-order valence-corrected chi connectivity index (χ0v) is 10.9. The highest BCUT2D eigenvalue weighted by Crippen LogP contribution is 2.09. The number of nitrogens with one attached hydrogen (secondary N) is 2. The monoisotopic (exact) mass is 235 g/mol. The predicted octanol–water partition coefficient (Wildman–Crippen LogP) is 1.49. The maximum absolute atomic E-state index is 3.60. The minimum Gasteiger partial charge on any atom is -0.385 e. The molecule has 2 aliphatic rings. The summed E-state index contributed by atoms with van der Waals surface area (Å²) >= 11 is 0. The molecule has 3 heteroatoms. The number of rotatable bonds is 5. The third-order valence-corrected chi connectivity index (χ3v) is 3.59. The van der Waals surface area contributed by atoms with Crippen LogP contribution in [0.3, 0.4) is 0 Å². The Bertz CT molecular complexity index is 277. The molecule has 1 atom stereocenters. The van der Waals surface area contributed by atoms with Crippen LogP contribution in [0.5, 0.6) is 0 Å². The van der Waals surface area contributed by atoms with Crippen molar-refractivity contribution in [3.8, 4) is 0 Å². The summed E-state index contributed by atoms with van der Waals surface area (Å²) in [7, 11) is 2.23. The average Bonchev–Trinajstić information content (AvgIpc) is 2.39. The molecule has 0 aliphatic carbocycles. The van der Waals surface area contributed by atoms with Gasteiger partial charge in [-0.2, -0.15) is 0 Å². The summed E-state index contributed by atoms with van der Waals surface area (Å²) < 4.78 is 0. The van der Waals surface area contributed by atoms with E-state index in [1.165, 1.54) is 38.0 Å². The fourth-order valence-electron chi connectivity index (χ4n) is 2.53. The third kappa shape index (κ3) is 4.52. The Hall–Kier alpha value is -0.800. The van der Waals surface area contributed by atoms with Crippen LogP contribution in [-0.2, 0) is 0 Å². The Morgan fingerprint density at radius 1 is 1.41 bits per heavy atom. The number of nitrogens with zero attached hydrogens (tertiary/aromatic N) is 1. The molecular weight excluding hydrogens is 210 g/mol. The van der Waals surface area contributed by atoms with Gasteiger partial charge in [-0.15, -0.1) is 0 Å². The van der Waals surface area contributed by atoms with Gasteiger partial charge in [0, 0.05) is 31.4 Å². The van der Waals surface area contributed by atoms with Crippen molar-refractivity contribution in [3.05, 3.63) is 23.9 Å². The van der Waals surface area contributed by atoms with Crippen LogP contribution in [0.25, 0.3) is 0 Å². The van der Waals surface area contributed by atoms with Gasteiger partial charge in [-0.3, -0.25) is 0 Å². The van der Waals surface area contributed by atoms with Crippen LogP contribution in [0.1, 0.15) is 25.7 Å². The normalized spacial score (nSPS) is 24.6. The number of hydrogen-bond donors (Lipinski definition) is 2. The number of allylic oxidation sites excluding steroid dienone is 2. The lowest BCUT2D eigenvalue weighted by Crippen LogP contribution is -2.42. The third-order valence-electron chi connectivity index (χ3n) is 3.59. The first-order valence-electron chi connectivity index (χ1n) is 6.86. The maximum Gasteiger partial charge on any atom is 0.0330 e. The van der Waals surface area contributed by atoms with Gasteiger partial charge in [-0.1, -0.05) is 18.6 Å². The molecule has 0 amide bonds.